The second-order valence-electron chi connectivity index (χ2n) is 10.5. The van der Waals surface area contributed by atoms with Gasteiger partial charge in [-0.2, -0.15) is 0 Å². The molecule has 0 spiro atoms. The molecule has 0 aliphatic heterocycles. The molecule has 0 radical (unpaired) electrons. The Hall–Kier alpha value is -1.76. The molecule has 196 valence electrons. The highest BCUT2D eigenvalue weighted by Crippen LogP contribution is 2.32. The highest BCUT2D eigenvalue weighted by molar-refractivity contribution is 9.10. The van der Waals surface area contributed by atoms with E-state index in [2.05, 4.69) is 42.0 Å². The average Bonchev–Trinajstić information content (AvgIpc) is 2.82. The minimum Gasteiger partial charge on any atom is -0.483 e. The second kappa shape index (κ2) is 12.7. The van der Waals surface area contributed by atoms with Crippen molar-refractivity contribution in [1.82, 2.24) is 10.2 Å². The Labute approximate surface area is 233 Å². The summed E-state index contributed by atoms with van der Waals surface area (Å²) < 4.78 is 6.67. The highest BCUT2D eigenvalue weighted by atomic mass is 79.9. The molecule has 0 heterocycles. The molecule has 1 N–H and O–H groups in total. The summed E-state index contributed by atoms with van der Waals surface area (Å²) in [6.45, 7) is 8.12. The van der Waals surface area contributed by atoms with E-state index >= 15 is 0 Å². The smallest absolute Gasteiger partial charge is 0.261 e. The van der Waals surface area contributed by atoms with Crippen molar-refractivity contribution in [2.75, 3.05) is 6.61 Å². The summed E-state index contributed by atoms with van der Waals surface area (Å²) in [6, 6.07) is 10.5. The molecular formula is C28H35BrCl2N2O3. The van der Waals surface area contributed by atoms with Crippen LogP contribution in [0.3, 0.4) is 0 Å². The van der Waals surface area contributed by atoms with Crippen molar-refractivity contribution < 1.29 is 14.3 Å². The molecule has 0 aromatic heterocycles. The van der Waals surface area contributed by atoms with E-state index in [-0.39, 0.29) is 36.4 Å². The third-order valence-electron chi connectivity index (χ3n) is 6.62. The molecule has 0 saturated heterocycles. The van der Waals surface area contributed by atoms with Gasteiger partial charge in [0, 0.05) is 22.6 Å². The average molecular weight is 598 g/mol. The second-order valence-corrected chi connectivity index (χ2v) is 12.2. The molecule has 8 heteroatoms. The molecule has 2 aromatic carbocycles. The van der Waals surface area contributed by atoms with Gasteiger partial charge in [-0.1, -0.05) is 75.4 Å². The standard InChI is InChI=1S/C28H35BrCl2N2O3/c1-18(27(35)32-22-8-6-5-7-9-22)33(16-19-10-12-21(30)15-24(19)31)26(34)17-36-25-13-11-20(14-23(25)29)28(2,3)4/h10-15,18,22H,5-9,16-17H2,1-4H3,(H,32,35). The zero-order valence-corrected chi connectivity index (χ0v) is 24.5. The van der Waals surface area contributed by atoms with E-state index in [4.69, 9.17) is 27.9 Å². The summed E-state index contributed by atoms with van der Waals surface area (Å²) in [4.78, 5) is 28.1. The number of carbonyl (C=O) groups is 2. The summed E-state index contributed by atoms with van der Waals surface area (Å²) in [5.41, 5.74) is 1.86. The summed E-state index contributed by atoms with van der Waals surface area (Å²) in [5, 5.41) is 4.09. The molecule has 1 aliphatic carbocycles. The van der Waals surface area contributed by atoms with E-state index in [1.54, 1.807) is 25.1 Å². The van der Waals surface area contributed by atoms with Crippen molar-refractivity contribution in [1.29, 1.82) is 0 Å². The lowest BCUT2D eigenvalue weighted by Crippen LogP contribution is -2.51. The van der Waals surface area contributed by atoms with Gasteiger partial charge < -0.3 is 15.0 Å². The first-order valence-corrected chi connectivity index (χ1v) is 14.0. The molecule has 1 atom stereocenters. The lowest BCUT2D eigenvalue weighted by atomic mass is 9.87. The number of halogens is 3. The molecule has 3 rings (SSSR count). The van der Waals surface area contributed by atoms with Crippen LogP contribution in [0.15, 0.2) is 40.9 Å². The number of ether oxygens (including phenoxy) is 1. The van der Waals surface area contributed by atoms with E-state index in [9.17, 15) is 9.59 Å². The van der Waals surface area contributed by atoms with Gasteiger partial charge >= 0.3 is 0 Å². The minimum absolute atomic E-state index is 0.00730. The number of rotatable bonds is 8. The molecule has 1 fully saturated rings. The van der Waals surface area contributed by atoms with Crippen LogP contribution < -0.4 is 10.1 Å². The molecular weight excluding hydrogens is 563 g/mol. The Morgan fingerprint density at radius 2 is 1.81 bits per heavy atom. The van der Waals surface area contributed by atoms with Gasteiger partial charge in [0.2, 0.25) is 5.91 Å². The van der Waals surface area contributed by atoms with Crippen molar-refractivity contribution in [3.05, 3.63) is 62.0 Å². The highest BCUT2D eigenvalue weighted by Gasteiger charge is 2.29. The van der Waals surface area contributed by atoms with Crippen LogP contribution in [-0.4, -0.2) is 35.4 Å². The van der Waals surface area contributed by atoms with Crippen LogP contribution in [0, 0.1) is 0 Å². The summed E-state index contributed by atoms with van der Waals surface area (Å²) in [6.07, 6.45) is 5.36. The van der Waals surface area contributed by atoms with E-state index in [1.807, 2.05) is 18.2 Å². The Balaban J connectivity index is 1.76. The van der Waals surface area contributed by atoms with Crippen molar-refractivity contribution in [3.8, 4) is 5.75 Å². The predicted octanol–water partition coefficient (Wildman–Crippen LogP) is 7.30. The van der Waals surface area contributed by atoms with E-state index in [0.29, 0.717) is 21.4 Å². The van der Waals surface area contributed by atoms with Crippen molar-refractivity contribution in [2.45, 2.75) is 83.8 Å². The van der Waals surface area contributed by atoms with Gasteiger partial charge in [0.15, 0.2) is 6.61 Å². The van der Waals surface area contributed by atoms with Crippen LogP contribution in [0.1, 0.15) is 70.9 Å². The predicted molar refractivity (Wildman–Crippen MR) is 150 cm³/mol. The number of benzene rings is 2. The molecule has 1 saturated carbocycles. The van der Waals surface area contributed by atoms with Gasteiger partial charge in [-0.05, 0) is 76.5 Å². The monoisotopic (exact) mass is 596 g/mol. The molecule has 36 heavy (non-hydrogen) atoms. The third kappa shape index (κ3) is 7.87. The van der Waals surface area contributed by atoms with Crippen LogP contribution in [0.4, 0.5) is 0 Å². The lowest BCUT2D eigenvalue weighted by molar-refractivity contribution is -0.142. The number of hydrogen-bond donors (Lipinski definition) is 1. The van der Waals surface area contributed by atoms with Crippen LogP contribution >= 0.6 is 39.1 Å². The number of nitrogens with zero attached hydrogens (tertiary/aromatic N) is 1. The first-order valence-electron chi connectivity index (χ1n) is 12.4. The fourth-order valence-electron chi connectivity index (χ4n) is 4.29. The van der Waals surface area contributed by atoms with Gasteiger partial charge in [-0.25, -0.2) is 0 Å². The van der Waals surface area contributed by atoms with Gasteiger partial charge in [0.1, 0.15) is 11.8 Å². The van der Waals surface area contributed by atoms with Crippen LogP contribution in [0.25, 0.3) is 0 Å². The maximum absolute atomic E-state index is 13.4. The lowest BCUT2D eigenvalue weighted by Gasteiger charge is -2.31. The van der Waals surface area contributed by atoms with E-state index in [0.717, 1.165) is 35.7 Å². The molecule has 5 nitrogen and oxygen atoms in total. The Morgan fingerprint density at radius 1 is 1.11 bits per heavy atom. The van der Waals surface area contributed by atoms with Gasteiger partial charge in [0.25, 0.3) is 5.91 Å². The van der Waals surface area contributed by atoms with E-state index in [1.165, 1.54) is 11.3 Å². The summed E-state index contributed by atoms with van der Waals surface area (Å²) in [7, 11) is 0. The zero-order chi connectivity index (χ0) is 26.5. The maximum atomic E-state index is 13.4. The number of carbonyl (C=O) groups excluding carboxylic acids is 2. The number of hydrogen-bond acceptors (Lipinski definition) is 3. The van der Waals surface area contributed by atoms with Crippen molar-refractivity contribution in [2.24, 2.45) is 0 Å². The van der Waals surface area contributed by atoms with Gasteiger partial charge in [-0.3, -0.25) is 9.59 Å². The summed E-state index contributed by atoms with van der Waals surface area (Å²) >= 11 is 16.0. The van der Waals surface area contributed by atoms with Crippen LogP contribution in [-0.2, 0) is 21.5 Å². The van der Waals surface area contributed by atoms with Crippen molar-refractivity contribution >= 4 is 50.9 Å². The number of amides is 2. The summed E-state index contributed by atoms with van der Waals surface area (Å²) in [5.74, 6) is 0.0929. The third-order valence-corrected chi connectivity index (χ3v) is 7.83. The topological polar surface area (TPSA) is 58.6 Å². The molecule has 2 amide bonds. The van der Waals surface area contributed by atoms with Crippen LogP contribution in [0.5, 0.6) is 5.75 Å². The fraction of sp³-hybridized carbons (Fsp3) is 0.500. The number of nitrogens with one attached hydrogen (secondary N) is 1. The minimum atomic E-state index is -0.693. The first kappa shape index (κ1) is 28.8. The van der Waals surface area contributed by atoms with Gasteiger partial charge in [-0.15, -0.1) is 0 Å². The van der Waals surface area contributed by atoms with Gasteiger partial charge in [0.05, 0.1) is 4.47 Å². The SMILES string of the molecule is CC(C(=O)NC1CCCCC1)N(Cc1ccc(Cl)cc1Cl)C(=O)COc1ccc(C(C)(C)C)cc1Br. The quantitative estimate of drug-likeness (QED) is 0.347. The largest absolute Gasteiger partial charge is 0.483 e. The molecule has 1 unspecified atom stereocenters. The Bertz CT molecular complexity index is 1080. The normalized spacial score (nSPS) is 15.3. The Kier molecular flexibility index (Phi) is 10.1. The van der Waals surface area contributed by atoms with E-state index < -0.39 is 6.04 Å². The molecule has 0 bridgehead atoms. The first-order chi connectivity index (χ1) is 17.0. The van der Waals surface area contributed by atoms with Crippen LogP contribution in [0.2, 0.25) is 10.0 Å². The molecule has 2 aromatic rings. The fourth-order valence-corrected chi connectivity index (χ4v) is 5.25. The van der Waals surface area contributed by atoms with Crippen molar-refractivity contribution in [3.63, 3.8) is 0 Å². The maximum Gasteiger partial charge on any atom is 0.261 e. The molecule has 1 aliphatic rings. The Morgan fingerprint density at radius 3 is 2.42 bits per heavy atom. The zero-order valence-electron chi connectivity index (χ0n) is 21.4.